The fourth-order valence-electron chi connectivity index (χ4n) is 3.17. The lowest BCUT2D eigenvalue weighted by molar-refractivity contribution is 0.373. The fraction of sp³-hybridized carbons (Fsp3) is 0.474. The van der Waals surface area contributed by atoms with E-state index < -0.39 is 0 Å². The summed E-state index contributed by atoms with van der Waals surface area (Å²) in [6, 6.07) is 9.58. The van der Waals surface area contributed by atoms with Crippen LogP contribution in [0.15, 0.2) is 51.7 Å². The van der Waals surface area contributed by atoms with Gasteiger partial charge in [-0.2, -0.15) is 0 Å². The lowest BCUT2D eigenvalue weighted by Gasteiger charge is -2.37. The number of nitrogens with one attached hydrogen (secondary N) is 1. The number of aliphatic imine (C=N–C) groups is 1. The first-order valence-corrected chi connectivity index (χ1v) is 10.1. The van der Waals surface area contributed by atoms with Crippen LogP contribution < -0.4 is 15.8 Å². The lowest BCUT2D eigenvalue weighted by atomic mass is 10.3. The predicted molar refractivity (Wildman–Crippen MR) is 109 cm³/mol. The van der Waals surface area contributed by atoms with Crippen molar-refractivity contribution in [1.82, 2.24) is 14.8 Å². The first-order valence-electron chi connectivity index (χ1n) is 9.17. The summed E-state index contributed by atoms with van der Waals surface area (Å²) < 4.78 is 1.76. The number of pyridine rings is 1. The molecule has 1 fully saturated rings. The number of rotatable bonds is 6. The van der Waals surface area contributed by atoms with Gasteiger partial charge in [0.1, 0.15) is 0 Å². The molecule has 2 aromatic rings. The van der Waals surface area contributed by atoms with Crippen molar-refractivity contribution in [2.45, 2.75) is 19.4 Å². The highest BCUT2D eigenvalue weighted by molar-refractivity contribution is 7.14. The van der Waals surface area contributed by atoms with Crippen molar-refractivity contribution >= 4 is 22.3 Å². The first-order chi connectivity index (χ1) is 12.8. The molecule has 7 heteroatoms. The van der Waals surface area contributed by atoms with Gasteiger partial charge in [-0.25, -0.2) is 0 Å². The van der Waals surface area contributed by atoms with Crippen LogP contribution in [0, 0.1) is 0 Å². The average molecular weight is 374 g/mol. The van der Waals surface area contributed by atoms with Crippen LogP contribution >= 0.6 is 11.3 Å². The SMILES string of the molecule is CN=C(NCCCCn1ccccc1=O)N1CCN(c2cccs2)CC1. The van der Waals surface area contributed by atoms with E-state index in [9.17, 15) is 4.79 Å². The van der Waals surface area contributed by atoms with Gasteiger partial charge in [-0.1, -0.05) is 6.07 Å². The molecule has 26 heavy (non-hydrogen) atoms. The van der Waals surface area contributed by atoms with Crippen LogP contribution in [0.4, 0.5) is 5.00 Å². The minimum Gasteiger partial charge on any atom is -0.360 e. The van der Waals surface area contributed by atoms with Gasteiger partial charge < -0.3 is 19.7 Å². The molecular weight excluding hydrogens is 346 g/mol. The third kappa shape index (κ3) is 4.88. The topological polar surface area (TPSA) is 52.9 Å². The molecule has 0 amide bonds. The smallest absolute Gasteiger partial charge is 0.250 e. The number of thiophene rings is 1. The number of anilines is 1. The highest BCUT2D eigenvalue weighted by Crippen LogP contribution is 2.22. The van der Waals surface area contributed by atoms with Crippen LogP contribution in [0.1, 0.15) is 12.8 Å². The van der Waals surface area contributed by atoms with Crippen molar-refractivity contribution in [1.29, 1.82) is 0 Å². The fourth-order valence-corrected chi connectivity index (χ4v) is 3.96. The molecule has 0 aliphatic carbocycles. The molecule has 0 atom stereocenters. The third-order valence-corrected chi connectivity index (χ3v) is 5.55. The first kappa shape index (κ1) is 18.5. The summed E-state index contributed by atoms with van der Waals surface area (Å²) in [5.74, 6) is 0.979. The summed E-state index contributed by atoms with van der Waals surface area (Å²) in [5.41, 5.74) is 0.0693. The normalized spacial score (nSPS) is 15.3. The zero-order valence-electron chi connectivity index (χ0n) is 15.3. The molecule has 1 aliphatic rings. The van der Waals surface area contributed by atoms with Gasteiger partial charge in [0.25, 0.3) is 0 Å². The maximum Gasteiger partial charge on any atom is 0.250 e. The number of hydrogen-bond donors (Lipinski definition) is 1. The Morgan fingerprint density at radius 1 is 1.15 bits per heavy atom. The number of piperazine rings is 1. The van der Waals surface area contributed by atoms with Crippen LogP contribution in [-0.2, 0) is 6.54 Å². The van der Waals surface area contributed by atoms with Crippen LogP contribution in [0.25, 0.3) is 0 Å². The van der Waals surface area contributed by atoms with E-state index in [1.54, 1.807) is 28.0 Å². The van der Waals surface area contributed by atoms with Gasteiger partial charge in [0, 0.05) is 58.6 Å². The highest BCUT2D eigenvalue weighted by atomic mass is 32.1. The van der Waals surface area contributed by atoms with Crippen molar-refractivity contribution in [3.63, 3.8) is 0 Å². The van der Waals surface area contributed by atoms with E-state index in [1.165, 1.54) is 5.00 Å². The summed E-state index contributed by atoms with van der Waals surface area (Å²) in [7, 11) is 1.84. The molecule has 1 aliphatic heterocycles. The molecule has 2 aromatic heterocycles. The number of nitrogens with zero attached hydrogens (tertiary/aromatic N) is 4. The number of unbranched alkanes of at least 4 members (excludes halogenated alkanes) is 1. The van der Waals surface area contributed by atoms with Crippen LogP contribution in [0.2, 0.25) is 0 Å². The number of guanidine groups is 1. The maximum absolute atomic E-state index is 11.7. The Balaban J connectivity index is 1.37. The summed E-state index contributed by atoms with van der Waals surface area (Å²) in [6.07, 6.45) is 3.83. The third-order valence-electron chi connectivity index (χ3n) is 4.62. The molecule has 0 spiro atoms. The molecule has 0 unspecified atom stereocenters. The molecular formula is C19H27N5OS. The minimum absolute atomic E-state index is 0.0693. The minimum atomic E-state index is 0.0693. The van der Waals surface area contributed by atoms with Crippen molar-refractivity contribution in [3.05, 3.63) is 52.3 Å². The van der Waals surface area contributed by atoms with E-state index in [2.05, 4.69) is 37.6 Å². The van der Waals surface area contributed by atoms with Crippen molar-refractivity contribution in [3.8, 4) is 0 Å². The van der Waals surface area contributed by atoms with Crippen LogP contribution in [0.3, 0.4) is 0 Å². The second-order valence-electron chi connectivity index (χ2n) is 6.34. The zero-order valence-corrected chi connectivity index (χ0v) is 16.1. The highest BCUT2D eigenvalue weighted by Gasteiger charge is 2.19. The molecule has 0 saturated carbocycles. The van der Waals surface area contributed by atoms with Gasteiger partial charge in [-0.3, -0.25) is 9.79 Å². The number of hydrogen-bond acceptors (Lipinski definition) is 4. The second kappa shape index (κ2) is 9.43. The zero-order chi connectivity index (χ0) is 18.2. The summed E-state index contributed by atoms with van der Waals surface area (Å²) >= 11 is 1.80. The van der Waals surface area contributed by atoms with Crippen molar-refractivity contribution < 1.29 is 0 Å². The number of aromatic nitrogens is 1. The Labute approximate surface area is 158 Å². The molecule has 3 rings (SSSR count). The summed E-state index contributed by atoms with van der Waals surface area (Å²) in [5, 5.41) is 6.94. The Morgan fingerprint density at radius 2 is 2.00 bits per heavy atom. The Hall–Kier alpha value is -2.28. The summed E-state index contributed by atoms with van der Waals surface area (Å²) in [4.78, 5) is 20.9. The Morgan fingerprint density at radius 3 is 2.69 bits per heavy atom. The molecule has 1 N–H and O–H groups in total. The summed E-state index contributed by atoms with van der Waals surface area (Å²) in [6.45, 7) is 5.66. The van der Waals surface area contributed by atoms with Gasteiger partial charge in [0.05, 0.1) is 5.00 Å². The monoisotopic (exact) mass is 373 g/mol. The van der Waals surface area contributed by atoms with E-state index in [4.69, 9.17) is 0 Å². The van der Waals surface area contributed by atoms with Gasteiger partial charge in [-0.05, 0) is 36.4 Å². The van der Waals surface area contributed by atoms with Gasteiger partial charge in [-0.15, -0.1) is 11.3 Å². The molecule has 3 heterocycles. The lowest BCUT2D eigenvalue weighted by Crippen LogP contribution is -2.52. The van der Waals surface area contributed by atoms with E-state index in [1.807, 2.05) is 19.3 Å². The van der Waals surface area contributed by atoms with Gasteiger partial charge in [0.2, 0.25) is 5.56 Å². The van der Waals surface area contributed by atoms with E-state index in [0.717, 1.165) is 58.1 Å². The molecule has 6 nitrogen and oxygen atoms in total. The van der Waals surface area contributed by atoms with Crippen molar-refractivity contribution in [2.24, 2.45) is 4.99 Å². The molecule has 0 aromatic carbocycles. The Kier molecular flexibility index (Phi) is 6.71. The van der Waals surface area contributed by atoms with Gasteiger partial charge >= 0.3 is 0 Å². The van der Waals surface area contributed by atoms with E-state index in [-0.39, 0.29) is 5.56 Å². The van der Waals surface area contributed by atoms with Crippen LogP contribution in [-0.4, -0.2) is 55.2 Å². The maximum atomic E-state index is 11.7. The van der Waals surface area contributed by atoms with Gasteiger partial charge in [0.15, 0.2) is 5.96 Å². The Bertz CT molecular complexity index is 747. The largest absolute Gasteiger partial charge is 0.360 e. The second-order valence-corrected chi connectivity index (χ2v) is 7.26. The molecule has 140 valence electrons. The molecule has 0 radical (unpaired) electrons. The van der Waals surface area contributed by atoms with Crippen LogP contribution in [0.5, 0.6) is 0 Å². The van der Waals surface area contributed by atoms with E-state index in [0.29, 0.717) is 0 Å². The molecule has 1 saturated heterocycles. The van der Waals surface area contributed by atoms with E-state index >= 15 is 0 Å². The average Bonchev–Trinajstić information content (AvgIpc) is 3.21. The standard InChI is InChI=1S/C19H27N5OS/c1-20-19(21-9-3-5-11-22-10-4-2-7-17(22)25)24-14-12-23(13-15-24)18-8-6-16-26-18/h2,4,6-8,10,16H,3,5,9,11-15H2,1H3,(H,20,21). The predicted octanol–water partition coefficient (Wildman–Crippen LogP) is 2.09. The number of aryl methyl sites for hydroxylation is 1. The van der Waals surface area contributed by atoms with Crippen molar-refractivity contribution in [2.75, 3.05) is 44.7 Å². The quantitative estimate of drug-likeness (QED) is 0.479. The molecule has 0 bridgehead atoms.